The largest absolute Gasteiger partial charge is 0.389 e. The van der Waals surface area contributed by atoms with Crippen LogP contribution in [-0.2, 0) is 0 Å². The van der Waals surface area contributed by atoms with Gasteiger partial charge in [-0.1, -0.05) is 24.3 Å². The summed E-state index contributed by atoms with van der Waals surface area (Å²) in [4.78, 5) is 0. The number of hydrogen-bond acceptors (Lipinski definition) is 2. The predicted molar refractivity (Wildman–Crippen MR) is 58.3 cm³/mol. The monoisotopic (exact) mass is 206 g/mol. The lowest BCUT2D eigenvalue weighted by Crippen LogP contribution is -2.56. The van der Waals surface area contributed by atoms with Gasteiger partial charge in [0.1, 0.15) is 0 Å². The van der Waals surface area contributed by atoms with Crippen LogP contribution in [0.15, 0.2) is 24.3 Å². The normalized spacial score (nSPS) is 52.7. The summed E-state index contributed by atoms with van der Waals surface area (Å²) in [6, 6.07) is 0. The van der Waals surface area contributed by atoms with Gasteiger partial charge in [0.15, 0.2) is 0 Å². The van der Waals surface area contributed by atoms with Gasteiger partial charge in [-0.25, -0.2) is 0 Å². The van der Waals surface area contributed by atoms with Crippen LogP contribution in [0.4, 0.5) is 0 Å². The van der Waals surface area contributed by atoms with Gasteiger partial charge < -0.3 is 10.2 Å². The van der Waals surface area contributed by atoms with Crippen LogP contribution in [0.5, 0.6) is 0 Å². The Morgan fingerprint density at radius 2 is 1.67 bits per heavy atom. The molecule has 0 aliphatic heterocycles. The summed E-state index contributed by atoms with van der Waals surface area (Å²) in [6.07, 6.45) is 13.1. The number of rotatable bonds is 0. The molecule has 0 heterocycles. The smallest absolute Gasteiger partial charge is 0.0915 e. The van der Waals surface area contributed by atoms with Crippen LogP contribution in [0.25, 0.3) is 0 Å². The Morgan fingerprint density at radius 3 is 2.53 bits per heavy atom. The highest BCUT2D eigenvalue weighted by molar-refractivity contribution is 5.29. The van der Waals surface area contributed by atoms with Crippen molar-refractivity contribution in [3.63, 3.8) is 0 Å². The van der Waals surface area contributed by atoms with Gasteiger partial charge in [0.25, 0.3) is 0 Å². The standard InChI is InChI=1S/C13H18O2/c14-12-7-3-1-5-11(12)6-2-4-8-13(11,15)10-9-12/h1,3-4,8,14-15H,2,5-7,9-10H2/t11-,12-,13+/m1/s1. The zero-order valence-electron chi connectivity index (χ0n) is 8.95. The second-order valence-corrected chi connectivity index (χ2v) is 5.36. The van der Waals surface area contributed by atoms with Gasteiger partial charge >= 0.3 is 0 Å². The third-order valence-electron chi connectivity index (χ3n) is 4.86. The van der Waals surface area contributed by atoms with E-state index in [1.807, 2.05) is 6.08 Å². The second kappa shape index (κ2) is 2.74. The Bertz CT molecular complexity index is 346. The topological polar surface area (TPSA) is 40.5 Å². The third kappa shape index (κ3) is 0.969. The van der Waals surface area contributed by atoms with E-state index in [1.54, 1.807) is 0 Å². The average Bonchev–Trinajstić information content (AvgIpc) is 2.48. The first-order chi connectivity index (χ1) is 7.12. The van der Waals surface area contributed by atoms with Crippen LogP contribution in [0.3, 0.4) is 0 Å². The molecule has 0 aromatic carbocycles. The third-order valence-corrected chi connectivity index (χ3v) is 4.86. The fourth-order valence-electron chi connectivity index (χ4n) is 3.91. The highest BCUT2D eigenvalue weighted by Crippen LogP contribution is 2.62. The molecule has 0 radical (unpaired) electrons. The molecule has 0 aromatic heterocycles. The van der Waals surface area contributed by atoms with Gasteiger partial charge in [0.05, 0.1) is 11.2 Å². The fraction of sp³-hybridized carbons (Fsp3) is 0.692. The minimum absolute atomic E-state index is 0.302. The van der Waals surface area contributed by atoms with Gasteiger partial charge in [-0.2, -0.15) is 0 Å². The van der Waals surface area contributed by atoms with Crippen molar-refractivity contribution >= 4 is 0 Å². The van der Waals surface area contributed by atoms with Crippen molar-refractivity contribution in [3.05, 3.63) is 24.3 Å². The molecule has 0 unspecified atom stereocenters. The molecular formula is C13H18O2. The van der Waals surface area contributed by atoms with Crippen LogP contribution < -0.4 is 0 Å². The van der Waals surface area contributed by atoms with Gasteiger partial charge in [-0.05, 0) is 38.5 Å². The summed E-state index contributed by atoms with van der Waals surface area (Å²) < 4.78 is 0. The van der Waals surface area contributed by atoms with Crippen LogP contribution in [-0.4, -0.2) is 21.4 Å². The summed E-state index contributed by atoms with van der Waals surface area (Å²) in [5.41, 5.74) is -1.73. The lowest BCUT2D eigenvalue weighted by molar-refractivity contribution is -0.139. The lowest BCUT2D eigenvalue weighted by atomic mass is 9.58. The maximum atomic E-state index is 10.7. The Kier molecular flexibility index (Phi) is 1.76. The van der Waals surface area contributed by atoms with E-state index < -0.39 is 11.2 Å². The van der Waals surface area contributed by atoms with Crippen LogP contribution in [0.2, 0.25) is 0 Å². The van der Waals surface area contributed by atoms with Crippen molar-refractivity contribution in [1.82, 2.24) is 0 Å². The maximum absolute atomic E-state index is 10.7. The van der Waals surface area contributed by atoms with E-state index >= 15 is 0 Å². The summed E-state index contributed by atoms with van der Waals surface area (Å²) in [5.74, 6) is 0. The highest BCUT2D eigenvalue weighted by Gasteiger charge is 2.65. The molecule has 1 fully saturated rings. The van der Waals surface area contributed by atoms with E-state index in [4.69, 9.17) is 0 Å². The summed E-state index contributed by atoms with van der Waals surface area (Å²) in [7, 11) is 0. The first kappa shape index (κ1) is 9.61. The minimum atomic E-state index is -0.759. The van der Waals surface area contributed by atoms with E-state index in [1.165, 1.54) is 0 Å². The Morgan fingerprint density at radius 1 is 0.867 bits per heavy atom. The molecular weight excluding hydrogens is 188 g/mol. The maximum Gasteiger partial charge on any atom is 0.0915 e. The molecule has 82 valence electrons. The quantitative estimate of drug-likeness (QED) is 0.594. The van der Waals surface area contributed by atoms with E-state index in [0.29, 0.717) is 12.8 Å². The van der Waals surface area contributed by atoms with Crippen molar-refractivity contribution in [2.75, 3.05) is 0 Å². The zero-order valence-corrected chi connectivity index (χ0v) is 8.95. The molecule has 2 N–H and O–H groups in total. The van der Waals surface area contributed by atoms with E-state index in [0.717, 1.165) is 25.7 Å². The predicted octanol–water partition coefficient (Wildman–Crippen LogP) is 1.93. The number of allylic oxidation sites excluding steroid dienone is 2. The molecule has 2 heteroatoms. The van der Waals surface area contributed by atoms with Crippen molar-refractivity contribution in [3.8, 4) is 0 Å². The molecule has 15 heavy (non-hydrogen) atoms. The molecule has 3 atom stereocenters. The van der Waals surface area contributed by atoms with Gasteiger partial charge in [0.2, 0.25) is 0 Å². The summed E-state index contributed by atoms with van der Waals surface area (Å²) in [5, 5.41) is 21.4. The van der Waals surface area contributed by atoms with Crippen LogP contribution >= 0.6 is 0 Å². The number of hydrogen-bond donors (Lipinski definition) is 2. The van der Waals surface area contributed by atoms with Gasteiger partial charge in [-0.3, -0.25) is 0 Å². The molecule has 2 nitrogen and oxygen atoms in total. The molecule has 0 aromatic rings. The number of aliphatic hydroxyl groups is 2. The molecule has 0 saturated heterocycles. The van der Waals surface area contributed by atoms with E-state index in [2.05, 4.69) is 18.2 Å². The molecule has 3 rings (SSSR count). The Hall–Kier alpha value is -0.600. The van der Waals surface area contributed by atoms with Gasteiger partial charge in [0, 0.05) is 5.41 Å². The summed E-state index contributed by atoms with van der Waals surface area (Å²) >= 11 is 0. The minimum Gasteiger partial charge on any atom is -0.389 e. The Labute approximate surface area is 90.3 Å². The summed E-state index contributed by atoms with van der Waals surface area (Å²) in [6.45, 7) is 0. The van der Waals surface area contributed by atoms with Gasteiger partial charge in [-0.15, -0.1) is 0 Å². The molecule has 0 amide bonds. The molecule has 3 aliphatic rings. The van der Waals surface area contributed by atoms with Crippen molar-refractivity contribution < 1.29 is 10.2 Å². The van der Waals surface area contributed by atoms with Crippen molar-refractivity contribution in [1.29, 1.82) is 0 Å². The van der Waals surface area contributed by atoms with Crippen LogP contribution in [0.1, 0.15) is 38.5 Å². The van der Waals surface area contributed by atoms with Crippen LogP contribution in [0, 0.1) is 5.41 Å². The SMILES string of the molecule is O[C@@]12CC=CC[C@@]13CCC=C[C@]3(O)CC2. The molecule has 1 saturated carbocycles. The first-order valence-electron chi connectivity index (χ1n) is 5.90. The Balaban J connectivity index is 2.14. The highest BCUT2D eigenvalue weighted by atomic mass is 16.3. The first-order valence-corrected chi connectivity index (χ1v) is 5.90. The second-order valence-electron chi connectivity index (χ2n) is 5.36. The van der Waals surface area contributed by atoms with E-state index in [-0.39, 0.29) is 5.41 Å². The van der Waals surface area contributed by atoms with Crippen molar-refractivity contribution in [2.45, 2.75) is 49.7 Å². The van der Waals surface area contributed by atoms with Crippen molar-refractivity contribution in [2.24, 2.45) is 5.41 Å². The average molecular weight is 206 g/mol. The molecule has 3 aliphatic carbocycles. The fourth-order valence-corrected chi connectivity index (χ4v) is 3.91. The lowest BCUT2D eigenvalue weighted by Gasteiger charge is -2.51. The zero-order chi connectivity index (χ0) is 10.6. The molecule has 1 spiro atoms. The van der Waals surface area contributed by atoms with E-state index in [9.17, 15) is 10.2 Å². The molecule has 0 bridgehead atoms.